The SMILES string of the molecule is O=C(NC(C(=O)O)c1ccc(Cl)c(F)c1)C1CCS(=O)(=O)CC1. The van der Waals surface area contributed by atoms with E-state index in [4.69, 9.17) is 11.6 Å². The number of benzene rings is 1. The first-order valence-corrected chi connectivity index (χ1v) is 9.08. The second kappa shape index (κ2) is 6.84. The van der Waals surface area contributed by atoms with Crippen LogP contribution in [-0.4, -0.2) is 36.9 Å². The maximum absolute atomic E-state index is 13.5. The van der Waals surface area contributed by atoms with Crippen LogP contribution in [0, 0.1) is 11.7 Å². The molecule has 126 valence electrons. The maximum Gasteiger partial charge on any atom is 0.330 e. The Morgan fingerprint density at radius 2 is 1.91 bits per heavy atom. The molecule has 6 nitrogen and oxygen atoms in total. The Bertz CT molecular complexity index is 723. The number of sulfone groups is 1. The maximum atomic E-state index is 13.5. The lowest BCUT2D eigenvalue weighted by atomic mass is 10.00. The molecule has 1 atom stereocenters. The van der Waals surface area contributed by atoms with Crippen molar-refractivity contribution in [3.63, 3.8) is 0 Å². The van der Waals surface area contributed by atoms with Gasteiger partial charge in [0, 0.05) is 5.92 Å². The highest BCUT2D eigenvalue weighted by Gasteiger charge is 2.31. The van der Waals surface area contributed by atoms with Gasteiger partial charge in [-0.15, -0.1) is 0 Å². The van der Waals surface area contributed by atoms with Crippen LogP contribution < -0.4 is 5.32 Å². The average Bonchev–Trinajstić information content (AvgIpc) is 2.47. The van der Waals surface area contributed by atoms with Gasteiger partial charge < -0.3 is 10.4 Å². The number of nitrogens with one attached hydrogen (secondary N) is 1. The highest BCUT2D eigenvalue weighted by Crippen LogP contribution is 2.23. The first-order valence-electron chi connectivity index (χ1n) is 6.88. The molecule has 0 aliphatic carbocycles. The molecule has 1 amide bonds. The summed E-state index contributed by atoms with van der Waals surface area (Å²) in [5, 5.41) is 11.4. The van der Waals surface area contributed by atoms with Crippen molar-refractivity contribution in [3.05, 3.63) is 34.6 Å². The van der Waals surface area contributed by atoms with Crippen LogP contribution in [0.15, 0.2) is 18.2 Å². The summed E-state index contributed by atoms with van der Waals surface area (Å²) in [6, 6.07) is 2.05. The van der Waals surface area contributed by atoms with Crippen LogP contribution in [0.3, 0.4) is 0 Å². The zero-order valence-corrected chi connectivity index (χ0v) is 13.5. The fourth-order valence-electron chi connectivity index (χ4n) is 2.39. The van der Waals surface area contributed by atoms with Gasteiger partial charge in [-0.05, 0) is 30.5 Å². The molecule has 9 heteroatoms. The Kier molecular flexibility index (Phi) is 5.26. The van der Waals surface area contributed by atoms with Crippen molar-refractivity contribution in [2.45, 2.75) is 18.9 Å². The van der Waals surface area contributed by atoms with E-state index in [0.717, 1.165) is 6.07 Å². The molecule has 1 heterocycles. The molecule has 1 fully saturated rings. The minimum absolute atomic E-state index is 0.0520. The van der Waals surface area contributed by atoms with Gasteiger partial charge in [0.15, 0.2) is 6.04 Å². The van der Waals surface area contributed by atoms with Crippen molar-refractivity contribution in [1.82, 2.24) is 5.32 Å². The molecule has 1 aliphatic heterocycles. The number of rotatable bonds is 4. The topological polar surface area (TPSA) is 101 Å². The Morgan fingerprint density at radius 1 is 1.30 bits per heavy atom. The summed E-state index contributed by atoms with van der Waals surface area (Å²) in [7, 11) is -3.12. The average molecular weight is 364 g/mol. The van der Waals surface area contributed by atoms with Crippen LogP contribution in [0.1, 0.15) is 24.4 Å². The van der Waals surface area contributed by atoms with Crippen molar-refractivity contribution < 1.29 is 27.5 Å². The lowest BCUT2D eigenvalue weighted by molar-refractivity contribution is -0.142. The van der Waals surface area contributed by atoms with Crippen LogP contribution in [-0.2, 0) is 19.4 Å². The van der Waals surface area contributed by atoms with E-state index in [0.29, 0.717) is 0 Å². The molecule has 0 radical (unpaired) electrons. The van der Waals surface area contributed by atoms with E-state index >= 15 is 0 Å². The number of amides is 1. The van der Waals surface area contributed by atoms with Crippen LogP contribution >= 0.6 is 11.6 Å². The monoisotopic (exact) mass is 363 g/mol. The molecule has 1 unspecified atom stereocenters. The Hall–Kier alpha value is -1.67. The summed E-state index contributed by atoms with van der Waals surface area (Å²) in [6.07, 6.45) is 0.297. The molecule has 2 rings (SSSR count). The third-order valence-corrected chi connectivity index (χ3v) is 5.76. The van der Waals surface area contributed by atoms with Gasteiger partial charge >= 0.3 is 5.97 Å². The van der Waals surface area contributed by atoms with E-state index in [-0.39, 0.29) is 34.9 Å². The zero-order valence-electron chi connectivity index (χ0n) is 12.0. The number of carboxylic acid groups (broad SMARTS) is 1. The highest BCUT2D eigenvalue weighted by molar-refractivity contribution is 7.91. The molecule has 0 aromatic heterocycles. The number of hydrogen-bond acceptors (Lipinski definition) is 4. The first kappa shape index (κ1) is 17.7. The lowest BCUT2D eigenvalue weighted by Crippen LogP contribution is -2.40. The van der Waals surface area contributed by atoms with Crippen LogP contribution in [0.2, 0.25) is 5.02 Å². The predicted molar refractivity (Wildman–Crippen MR) is 81.3 cm³/mol. The van der Waals surface area contributed by atoms with Gasteiger partial charge in [-0.25, -0.2) is 17.6 Å². The van der Waals surface area contributed by atoms with Crippen LogP contribution in [0.4, 0.5) is 4.39 Å². The Balaban J connectivity index is 2.12. The first-order chi connectivity index (χ1) is 10.7. The van der Waals surface area contributed by atoms with Crippen molar-refractivity contribution >= 4 is 33.3 Å². The second-order valence-electron chi connectivity index (χ2n) is 5.38. The molecule has 0 spiro atoms. The van der Waals surface area contributed by atoms with E-state index in [1.807, 2.05) is 0 Å². The molecule has 0 bridgehead atoms. The van der Waals surface area contributed by atoms with E-state index in [1.54, 1.807) is 0 Å². The zero-order chi connectivity index (χ0) is 17.2. The lowest BCUT2D eigenvalue weighted by Gasteiger charge is -2.23. The summed E-state index contributed by atoms with van der Waals surface area (Å²) < 4.78 is 36.2. The molecule has 0 saturated carbocycles. The van der Waals surface area contributed by atoms with E-state index in [1.165, 1.54) is 12.1 Å². The summed E-state index contributed by atoms with van der Waals surface area (Å²) in [5.41, 5.74) is 0.0520. The molecule has 1 aliphatic rings. The smallest absolute Gasteiger partial charge is 0.330 e. The van der Waals surface area contributed by atoms with Crippen molar-refractivity contribution in [3.8, 4) is 0 Å². The van der Waals surface area contributed by atoms with Gasteiger partial charge in [-0.1, -0.05) is 17.7 Å². The van der Waals surface area contributed by atoms with Gasteiger partial charge in [0.05, 0.1) is 16.5 Å². The van der Waals surface area contributed by atoms with Gasteiger partial charge in [0.25, 0.3) is 0 Å². The number of halogens is 2. The largest absolute Gasteiger partial charge is 0.479 e. The van der Waals surface area contributed by atoms with E-state index < -0.39 is 39.5 Å². The van der Waals surface area contributed by atoms with Crippen LogP contribution in [0.25, 0.3) is 0 Å². The second-order valence-corrected chi connectivity index (χ2v) is 8.09. The molecular formula is C14H15ClFNO5S. The Labute approximate surface area is 137 Å². The standard InChI is InChI=1S/C14H15ClFNO5S/c15-10-2-1-9(7-11(10)16)12(14(19)20)17-13(18)8-3-5-23(21,22)6-4-8/h1-2,7-8,12H,3-6H2,(H,17,18)(H,19,20). The van der Waals surface area contributed by atoms with Crippen molar-refractivity contribution in [2.24, 2.45) is 5.92 Å². The van der Waals surface area contributed by atoms with E-state index in [2.05, 4.69) is 5.32 Å². The number of carbonyl (C=O) groups excluding carboxylic acids is 1. The third-order valence-electron chi connectivity index (χ3n) is 3.74. The quantitative estimate of drug-likeness (QED) is 0.845. The van der Waals surface area contributed by atoms with Crippen molar-refractivity contribution in [2.75, 3.05) is 11.5 Å². The van der Waals surface area contributed by atoms with Gasteiger partial charge in [-0.2, -0.15) is 0 Å². The number of aliphatic carboxylic acids is 1. The molecule has 23 heavy (non-hydrogen) atoms. The normalized spacial score (nSPS) is 19.0. The number of carboxylic acids is 1. The minimum Gasteiger partial charge on any atom is -0.479 e. The summed E-state index contributed by atoms with van der Waals surface area (Å²) in [6.45, 7) is 0. The number of carbonyl (C=O) groups is 2. The fraction of sp³-hybridized carbons (Fsp3) is 0.429. The minimum atomic E-state index is -3.12. The van der Waals surface area contributed by atoms with Gasteiger partial charge in [-0.3, -0.25) is 4.79 Å². The molecule has 1 aromatic carbocycles. The van der Waals surface area contributed by atoms with Gasteiger partial charge in [0.1, 0.15) is 15.7 Å². The summed E-state index contributed by atoms with van der Waals surface area (Å²) in [4.78, 5) is 23.5. The fourth-order valence-corrected chi connectivity index (χ4v) is 4.00. The van der Waals surface area contributed by atoms with Crippen molar-refractivity contribution in [1.29, 1.82) is 0 Å². The highest BCUT2D eigenvalue weighted by atomic mass is 35.5. The Morgan fingerprint density at radius 3 is 2.43 bits per heavy atom. The third kappa shape index (κ3) is 4.42. The van der Waals surface area contributed by atoms with Gasteiger partial charge in [0.2, 0.25) is 5.91 Å². The number of hydrogen-bond donors (Lipinski definition) is 2. The summed E-state index contributed by atoms with van der Waals surface area (Å²) >= 11 is 5.55. The molecule has 2 N–H and O–H groups in total. The predicted octanol–water partition coefficient (Wildman–Crippen LogP) is 1.55. The molecular weight excluding hydrogens is 349 g/mol. The van der Waals surface area contributed by atoms with E-state index in [9.17, 15) is 27.5 Å². The molecule has 1 aromatic rings. The molecule has 1 saturated heterocycles. The summed E-state index contributed by atoms with van der Waals surface area (Å²) in [5.74, 6) is -3.45. The van der Waals surface area contributed by atoms with Crippen LogP contribution in [0.5, 0.6) is 0 Å².